The van der Waals surface area contributed by atoms with Crippen LogP contribution in [-0.4, -0.2) is 34.9 Å². The van der Waals surface area contributed by atoms with Crippen LogP contribution in [0.4, 0.5) is 0 Å². The van der Waals surface area contributed by atoms with E-state index in [-0.39, 0.29) is 12.5 Å². The van der Waals surface area contributed by atoms with Crippen molar-refractivity contribution >= 4 is 5.91 Å². The molecule has 0 fully saturated rings. The van der Waals surface area contributed by atoms with E-state index in [1.54, 1.807) is 6.08 Å². The largest absolute Gasteiger partial charge is 0.394 e. The molecule has 0 aromatic heterocycles. The molecule has 0 saturated heterocycles. The molecule has 0 rings (SSSR count). The van der Waals surface area contributed by atoms with Gasteiger partial charge in [0, 0.05) is 6.42 Å². The highest BCUT2D eigenvalue weighted by Gasteiger charge is 2.17. The Morgan fingerprint density at radius 2 is 0.804 bits per heavy atom. The van der Waals surface area contributed by atoms with E-state index >= 15 is 0 Å². The molecule has 0 aliphatic rings. The minimum Gasteiger partial charge on any atom is -0.394 e. The van der Waals surface area contributed by atoms with E-state index in [4.69, 9.17) is 0 Å². The van der Waals surface area contributed by atoms with E-state index in [0.717, 1.165) is 89.9 Å². The maximum absolute atomic E-state index is 12.4. The number of carbonyl (C=O) groups is 1. The summed E-state index contributed by atoms with van der Waals surface area (Å²) in [6.07, 6.45) is 70.5. The highest BCUT2D eigenvalue weighted by Crippen LogP contribution is 2.12. The molecule has 0 heterocycles. The van der Waals surface area contributed by atoms with E-state index in [1.807, 2.05) is 6.08 Å². The standard InChI is InChI=1S/C52H87NO3/c1-3-5-7-9-11-13-15-17-19-20-21-22-23-24-25-26-27-28-29-30-31-32-34-36-38-40-42-44-46-48-52(56)53-50(49-54)51(55)47-45-43-41-39-37-35-33-18-16-14-12-10-8-6-4-2/h5,7,11,13,17,19,21-22,24-25,27-28,30-31,37,39,45,47,50-51,54-55H,3-4,6,8-10,12,14-16,18,20,23,26,29,32-36,38,40-44,46,48-49H2,1-2H3,(H,53,56)/b7-5-,13-11-,19-17-,22-21-,25-24-,28-27-,31-30-,39-37+,47-45+. The van der Waals surface area contributed by atoms with Crippen LogP contribution in [0.25, 0.3) is 0 Å². The average Bonchev–Trinajstić information content (AvgIpc) is 3.20. The van der Waals surface area contributed by atoms with Gasteiger partial charge in [-0.05, 0) is 89.9 Å². The van der Waals surface area contributed by atoms with Crippen LogP contribution in [0, 0.1) is 0 Å². The van der Waals surface area contributed by atoms with Gasteiger partial charge >= 0.3 is 0 Å². The summed E-state index contributed by atoms with van der Waals surface area (Å²) in [7, 11) is 0. The molecular formula is C52H87NO3. The van der Waals surface area contributed by atoms with Crippen molar-refractivity contribution in [1.82, 2.24) is 5.32 Å². The number of allylic oxidation sites excluding steroid dienone is 17. The van der Waals surface area contributed by atoms with Crippen molar-refractivity contribution in [2.24, 2.45) is 0 Å². The second-order valence-electron chi connectivity index (χ2n) is 15.1. The zero-order valence-electron chi connectivity index (χ0n) is 36.4. The summed E-state index contributed by atoms with van der Waals surface area (Å²) in [5, 5.41) is 23.0. The zero-order valence-corrected chi connectivity index (χ0v) is 36.4. The first kappa shape index (κ1) is 53.0. The molecule has 3 N–H and O–H groups in total. The molecule has 1 amide bonds. The third kappa shape index (κ3) is 42.2. The van der Waals surface area contributed by atoms with Crippen molar-refractivity contribution in [2.45, 2.75) is 206 Å². The van der Waals surface area contributed by atoms with Crippen LogP contribution in [-0.2, 0) is 4.79 Å². The minimum atomic E-state index is -0.874. The van der Waals surface area contributed by atoms with E-state index in [1.165, 1.54) is 83.5 Å². The number of rotatable bonds is 40. The van der Waals surface area contributed by atoms with E-state index in [9.17, 15) is 15.0 Å². The predicted molar refractivity (Wildman–Crippen MR) is 248 cm³/mol. The van der Waals surface area contributed by atoms with Crippen LogP contribution in [0.2, 0.25) is 0 Å². The molecule has 0 spiro atoms. The number of amides is 1. The molecule has 0 aromatic rings. The van der Waals surface area contributed by atoms with Crippen LogP contribution in [0.1, 0.15) is 194 Å². The number of hydrogen-bond acceptors (Lipinski definition) is 3. The average molecular weight is 774 g/mol. The molecule has 0 aliphatic carbocycles. The summed E-state index contributed by atoms with van der Waals surface area (Å²) in [4.78, 5) is 12.4. The van der Waals surface area contributed by atoms with Gasteiger partial charge in [0.1, 0.15) is 0 Å². The second kappa shape index (κ2) is 46.4. The van der Waals surface area contributed by atoms with Crippen molar-refractivity contribution in [3.8, 4) is 0 Å². The fourth-order valence-electron chi connectivity index (χ4n) is 6.23. The number of aliphatic hydroxyl groups is 2. The van der Waals surface area contributed by atoms with Crippen LogP contribution in [0.15, 0.2) is 109 Å². The molecular weight excluding hydrogens is 687 g/mol. The Balaban J connectivity index is 3.69. The van der Waals surface area contributed by atoms with Gasteiger partial charge in [0.2, 0.25) is 5.91 Å². The number of aliphatic hydroxyl groups excluding tert-OH is 2. The van der Waals surface area contributed by atoms with Gasteiger partial charge in [-0.2, -0.15) is 0 Å². The summed E-state index contributed by atoms with van der Waals surface area (Å²) < 4.78 is 0. The summed E-state index contributed by atoms with van der Waals surface area (Å²) >= 11 is 0. The molecule has 0 bridgehead atoms. The first-order valence-electron chi connectivity index (χ1n) is 23.1. The summed E-state index contributed by atoms with van der Waals surface area (Å²) in [6.45, 7) is 4.16. The summed E-state index contributed by atoms with van der Waals surface area (Å²) in [5.74, 6) is -0.0910. The van der Waals surface area contributed by atoms with Crippen molar-refractivity contribution < 1.29 is 15.0 Å². The molecule has 0 aromatic carbocycles. The Morgan fingerprint density at radius 3 is 1.25 bits per heavy atom. The first-order valence-corrected chi connectivity index (χ1v) is 23.1. The third-order valence-electron chi connectivity index (χ3n) is 9.74. The Kier molecular flexibility index (Phi) is 44.0. The summed E-state index contributed by atoms with van der Waals surface area (Å²) in [6, 6.07) is -0.652. The molecule has 0 radical (unpaired) electrons. The number of unbranched alkanes of at least 4 members (excludes halogenated alkanes) is 17. The fraction of sp³-hybridized carbons (Fsp3) is 0.635. The van der Waals surface area contributed by atoms with Crippen LogP contribution in [0.3, 0.4) is 0 Å². The highest BCUT2D eigenvalue weighted by atomic mass is 16.3. The number of carbonyl (C=O) groups excluding carboxylic acids is 1. The van der Waals surface area contributed by atoms with Gasteiger partial charge in [0.15, 0.2) is 0 Å². The maximum Gasteiger partial charge on any atom is 0.220 e. The monoisotopic (exact) mass is 774 g/mol. The van der Waals surface area contributed by atoms with E-state index < -0.39 is 12.1 Å². The maximum atomic E-state index is 12.4. The quantitative estimate of drug-likeness (QED) is 0.0429. The molecule has 56 heavy (non-hydrogen) atoms. The van der Waals surface area contributed by atoms with Crippen LogP contribution >= 0.6 is 0 Å². The Morgan fingerprint density at radius 1 is 0.446 bits per heavy atom. The van der Waals surface area contributed by atoms with Crippen molar-refractivity contribution in [3.05, 3.63) is 109 Å². The lowest BCUT2D eigenvalue weighted by Crippen LogP contribution is -2.45. The van der Waals surface area contributed by atoms with Gasteiger partial charge in [-0.25, -0.2) is 0 Å². The Bertz CT molecular complexity index is 1110. The molecule has 0 aliphatic heterocycles. The Hall–Kier alpha value is -2.95. The zero-order chi connectivity index (χ0) is 40.7. The van der Waals surface area contributed by atoms with Gasteiger partial charge < -0.3 is 15.5 Å². The predicted octanol–water partition coefficient (Wildman–Crippen LogP) is 14.8. The Labute approximate surface area is 346 Å². The molecule has 2 unspecified atom stereocenters. The van der Waals surface area contributed by atoms with Crippen molar-refractivity contribution in [3.63, 3.8) is 0 Å². The molecule has 318 valence electrons. The molecule has 4 nitrogen and oxygen atoms in total. The van der Waals surface area contributed by atoms with Crippen LogP contribution < -0.4 is 5.32 Å². The fourth-order valence-corrected chi connectivity index (χ4v) is 6.23. The lowest BCUT2D eigenvalue weighted by atomic mass is 10.1. The van der Waals surface area contributed by atoms with E-state index in [2.05, 4.69) is 116 Å². The smallest absolute Gasteiger partial charge is 0.220 e. The topological polar surface area (TPSA) is 69.6 Å². The molecule has 0 saturated carbocycles. The SMILES string of the molecule is CC/C=C\C/C=C\C/C=C\C/C=C\C/C=C\C/C=C\C/C=C\CCCCCCCCCC(=O)NC(CO)C(O)/C=C/CC/C=C/CCCCCCCCCCC. The highest BCUT2D eigenvalue weighted by molar-refractivity contribution is 5.76. The van der Waals surface area contributed by atoms with Crippen LogP contribution in [0.5, 0.6) is 0 Å². The second-order valence-corrected chi connectivity index (χ2v) is 15.1. The van der Waals surface area contributed by atoms with Crippen molar-refractivity contribution in [1.29, 1.82) is 0 Å². The van der Waals surface area contributed by atoms with Gasteiger partial charge in [0.05, 0.1) is 18.8 Å². The lowest BCUT2D eigenvalue weighted by Gasteiger charge is -2.19. The third-order valence-corrected chi connectivity index (χ3v) is 9.74. The number of nitrogens with one attached hydrogen (secondary N) is 1. The number of hydrogen-bond donors (Lipinski definition) is 3. The van der Waals surface area contributed by atoms with E-state index in [0.29, 0.717) is 6.42 Å². The van der Waals surface area contributed by atoms with Gasteiger partial charge in [-0.1, -0.05) is 207 Å². The van der Waals surface area contributed by atoms with Gasteiger partial charge in [-0.3, -0.25) is 4.79 Å². The summed E-state index contributed by atoms with van der Waals surface area (Å²) in [5.41, 5.74) is 0. The molecule has 4 heteroatoms. The first-order chi connectivity index (χ1) is 27.7. The van der Waals surface area contributed by atoms with Gasteiger partial charge in [-0.15, -0.1) is 0 Å². The van der Waals surface area contributed by atoms with Crippen molar-refractivity contribution in [2.75, 3.05) is 6.61 Å². The lowest BCUT2D eigenvalue weighted by molar-refractivity contribution is -0.123. The minimum absolute atomic E-state index is 0.0910. The van der Waals surface area contributed by atoms with Gasteiger partial charge in [0.25, 0.3) is 0 Å². The normalized spacial score (nSPS) is 14.0. The molecule has 2 atom stereocenters.